The molecule has 1 aliphatic heterocycles. The van der Waals surface area contributed by atoms with E-state index in [0.29, 0.717) is 6.04 Å². The zero-order valence-corrected chi connectivity index (χ0v) is 8.03. The van der Waals surface area contributed by atoms with E-state index < -0.39 is 0 Å². The average Bonchev–Trinajstić information content (AvgIpc) is 1.96. The molecular formula is C7H17N2P. The van der Waals surface area contributed by atoms with Crippen LogP contribution in [0.25, 0.3) is 0 Å². The summed E-state index contributed by atoms with van der Waals surface area (Å²) < 4.78 is 2.35. The van der Waals surface area contributed by atoms with E-state index in [9.17, 15) is 0 Å². The number of nitrogens with zero attached hydrogens (tertiary/aromatic N) is 2. The van der Waals surface area contributed by atoms with Crippen molar-refractivity contribution in [3.8, 4) is 0 Å². The fourth-order valence-corrected chi connectivity index (χ4v) is 1.67. The summed E-state index contributed by atoms with van der Waals surface area (Å²) in [4.78, 5) is 2.40. The largest absolute Gasteiger partial charge is 0.305 e. The molecule has 1 heterocycles. The van der Waals surface area contributed by atoms with Crippen LogP contribution in [0.5, 0.6) is 0 Å². The van der Waals surface area contributed by atoms with Crippen LogP contribution in [0.2, 0.25) is 0 Å². The molecule has 1 rings (SSSR count). The van der Waals surface area contributed by atoms with Crippen LogP contribution in [0.3, 0.4) is 0 Å². The molecule has 2 nitrogen and oxygen atoms in total. The van der Waals surface area contributed by atoms with Gasteiger partial charge in [-0.15, -0.1) is 0 Å². The van der Waals surface area contributed by atoms with Gasteiger partial charge >= 0.3 is 0 Å². The van der Waals surface area contributed by atoms with E-state index in [1.165, 1.54) is 26.1 Å². The quantitative estimate of drug-likeness (QED) is 0.484. The first-order valence-corrected chi connectivity index (χ1v) is 4.41. The minimum Gasteiger partial charge on any atom is -0.305 e. The molecule has 1 aliphatic rings. The smallest absolute Gasteiger partial charge is 0.0228 e. The van der Waals surface area contributed by atoms with Gasteiger partial charge in [0.25, 0.3) is 0 Å². The summed E-state index contributed by atoms with van der Waals surface area (Å²) in [6.45, 7) is 5.93. The van der Waals surface area contributed by atoms with Crippen LogP contribution >= 0.6 is 9.39 Å². The van der Waals surface area contributed by atoms with Gasteiger partial charge in [-0.25, -0.2) is 0 Å². The summed E-state index contributed by atoms with van der Waals surface area (Å²) in [6.07, 6.45) is 1.30. The lowest BCUT2D eigenvalue weighted by Crippen LogP contribution is -2.31. The monoisotopic (exact) mass is 160 g/mol. The van der Waals surface area contributed by atoms with Gasteiger partial charge in [0.05, 0.1) is 0 Å². The van der Waals surface area contributed by atoms with Gasteiger partial charge in [-0.05, 0) is 26.9 Å². The predicted molar refractivity (Wildman–Crippen MR) is 48.0 cm³/mol. The Morgan fingerprint density at radius 2 is 2.10 bits per heavy atom. The third kappa shape index (κ3) is 2.19. The Morgan fingerprint density at radius 3 is 2.80 bits per heavy atom. The molecule has 1 saturated heterocycles. The number of hydrogen-bond acceptors (Lipinski definition) is 2. The molecule has 2 atom stereocenters. The van der Waals surface area contributed by atoms with Crippen molar-refractivity contribution in [1.29, 1.82) is 0 Å². The molecule has 3 heteroatoms. The average molecular weight is 160 g/mol. The van der Waals surface area contributed by atoms with Gasteiger partial charge in [-0.3, -0.25) is 4.67 Å². The molecule has 0 bridgehead atoms. The maximum absolute atomic E-state index is 2.80. The highest BCUT2D eigenvalue weighted by Crippen LogP contribution is 2.11. The van der Waals surface area contributed by atoms with Crippen LogP contribution in [-0.4, -0.2) is 42.3 Å². The Labute approximate surface area is 65.8 Å². The molecule has 0 spiro atoms. The summed E-state index contributed by atoms with van der Waals surface area (Å²) in [7, 11) is 5.00. The highest BCUT2D eigenvalue weighted by atomic mass is 31.0. The molecule has 1 unspecified atom stereocenters. The van der Waals surface area contributed by atoms with Crippen molar-refractivity contribution in [2.45, 2.75) is 19.4 Å². The molecule has 0 aromatic rings. The lowest BCUT2D eigenvalue weighted by molar-refractivity contribution is 0.302. The molecule has 0 amide bonds. The van der Waals surface area contributed by atoms with E-state index in [0.717, 1.165) is 0 Å². The Morgan fingerprint density at radius 1 is 1.40 bits per heavy atom. The van der Waals surface area contributed by atoms with Gasteiger partial charge in [-0.2, -0.15) is 0 Å². The van der Waals surface area contributed by atoms with Gasteiger partial charge < -0.3 is 4.90 Å². The van der Waals surface area contributed by atoms with Crippen molar-refractivity contribution in [1.82, 2.24) is 9.57 Å². The predicted octanol–water partition coefficient (Wildman–Crippen LogP) is 0.802. The Bertz CT molecular complexity index is 108. The summed E-state index contributed by atoms with van der Waals surface area (Å²) >= 11 is 0. The summed E-state index contributed by atoms with van der Waals surface area (Å²) in [5.41, 5.74) is 0. The van der Waals surface area contributed by atoms with E-state index in [1.807, 2.05) is 0 Å². The van der Waals surface area contributed by atoms with E-state index in [4.69, 9.17) is 0 Å². The standard InChI is InChI=1S/C7H17N2P/c1-7-6-8(2)4-3-5-9(7)10/h7H,3-6,10H2,1-2H3/t7-/m1/s1. The molecule has 60 valence electrons. The fourth-order valence-electron chi connectivity index (χ4n) is 1.39. The minimum atomic E-state index is 0.692. The van der Waals surface area contributed by atoms with Crippen LogP contribution in [0.4, 0.5) is 0 Å². The molecule has 0 aliphatic carbocycles. The molecule has 0 aromatic carbocycles. The van der Waals surface area contributed by atoms with Crippen LogP contribution < -0.4 is 0 Å². The zero-order chi connectivity index (χ0) is 7.56. The molecule has 0 aromatic heterocycles. The first-order valence-electron chi connectivity index (χ1n) is 3.90. The van der Waals surface area contributed by atoms with Gasteiger partial charge in [0.15, 0.2) is 0 Å². The van der Waals surface area contributed by atoms with Crippen molar-refractivity contribution in [2.75, 3.05) is 26.7 Å². The maximum Gasteiger partial charge on any atom is 0.0228 e. The van der Waals surface area contributed by atoms with E-state index in [1.54, 1.807) is 0 Å². The third-order valence-corrected chi connectivity index (χ3v) is 2.87. The third-order valence-electron chi connectivity index (χ3n) is 2.10. The number of hydrogen-bond donors (Lipinski definition) is 0. The second-order valence-corrected chi connectivity index (χ2v) is 3.87. The SMILES string of the molecule is C[C@@H]1CN(C)CCCN1P. The molecule has 10 heavy (non-hydrogen) atoms. The normalized spacial score (nSPS) is 32.1. The van der Waals surface area contributed by atoms with Crippen molar-refractivity contribution in [2.24, 2.45) is 0 Å². The Kier molecular flexibility index (Phi) is 3.09. The lowest BCUT2D eigenvalue weighted by Gasteiger charge is -2.22. The van der Waals surface area contributed by atoms with Crippen LogP contribution in [0.1, 0.15) is 13.3 Å². The lowest BCUT2D eigenvalue weighted by atomic mass is 10.3. The molecule has 0 N–H and O–H groups in total. The summed E-state index contributed by atoms with van der Waals surface area (Å²) in [6, 6.07) is 0.692. The molecule has 0 radical (unpaired) electrons. The van der Waals surface area contributed by atoms with Gasteiger partial charge in [0.2, 0.25) is 0 Å². The van der Waals surface area contributed by atoms with Crippen LogP contribution in [0, 0.1) is 0 Å². The molecular weight excluding hydrogens is 143 g/mol. The molecule has 0 saturated carbocycles. The zero-order valence-electron chi connectivity index (χ0n) is 6.88. The highest BCUT2D eigenvalue weighted by Gasteiger charge is 2.15. The van der Waals surface area contributed by atoms with Gasteiger partial charge in [-0.1, -0.05) is 9.39 Å². The molecule has 1 fully saturated rings. The van der Waals surface area contributed by atoms with Crippen molar-refractivity contribution in [3.63, 3.8) is 0 Å². The summed E-state index contributed by atoms with van der Waals surface area (Å²) in [5.74, 6) is 0. The number of likely N-dealkylation sites (N-methyl/N-ethyl adjacent to an activating group) is 1. The van der Waals surface area contributed by atoms with Crippen molar-refractivity contribution in [3.05, 3.63) is 0 Å². The minimum absolute atomic E-state index is 0.692. The Hall–Kier alpha value is 0.350. The van der Waals surface area contributed by atoms with Crippen LogP contribution in [0.15, 0.2) is 0 Å². The second-order valence-electron chi connectivity index (χ2n) is 3.20. The second kappa shape index (κ2) is 3.66. The maximum atomic E-state index is 2.80. The van der Waals surface area contributed by atoms with E-state index >= 15 is 0 Å². The van der Waals surface area contributed by atoms with Gasteiger partial charge in [0, 0.05) is 19.1 Å². The number of rotatable bonds is 0. The summed E-state index contributed by atoms with van der Waals surface area (Å²) in [5, 5.41) is 0. The van der Waals surface area contributed by atoms with Crippen LogP contribution in [-0.2, 0) is 0 Å². The fraction of sp³-hybridized carbons (Fsp3) is 1.00. The Balaban J connectivity index is 2.41. The van der Waals surface area contributed by atoms with E-state index in [2.05, 4.69) is 32.9 Å². The van der Waals surface area contributed by atoms with Crippen molar-refractivity contribution >= 4 is 9.39 Å². The first-order chi connectivity index (χ1) is 4.70. The van der Waals surface area contributed by atoms with Crippen molar-refractivity contribution < 1.29 is 0 Å². The first kappa shape index (κ1) is 8.45. The van der Waals surface area contributed by atoms with E-state index in [-0.39, 0.29) is 0 Å². The topological polar surface area (TPSA) is 6.48 Å². The highest BCUT2D eigenvalue weighted by molar-refractivity contribution is 7.13. The van der Waals surface area contributed by atoms with Gasteiger partial charge in [0.1, 0.15) is 0 Å².